The Kier molecular flexibility index (Phi) is 8.13. The van der Waals surface area contributed by atoms with Gasteiger partial charge in [-0.15, -0.1) is 0 Å². The predicted molar refractivity (Wildman–Crippen MR) is 105 cm³/mol. The summed E-state index contributed by atoms with van der Waals surface area (Å²) >= 11 is 1.59. The molecule has 7 heteroatoms. The summed E-state index contributed by atoms with van der Waals surface area (Å²) in [6, 6.07) is 0. The van der Waals surface area contributed by atoms with Gasteiger partial charge in [0.25, 0.3) is 0 Å². The molecule has 0 spiro atoms. The molecule has 2 rings (SSSR count). The topological polar surface area (TPSA) is 102 Å². The summed E-state index contributed by atoms with van der Waals surface area (Å²) in [5, 5.41) is 2.53. The van der Waals surface area contributed by atoms with Gasteiger partial charge in [0.15, 0.2) is 5.78 Å². The molecule has 2 aliphatic carbocycles. The number of nitrogens with two attached hydrogens (primary N) is 1. The van der Waals surface area contributed by atoms with Crippen LogP contribution in [0.4, 0.5) is 0 Å². The van der Waals surface area contributed by atoms with Gasteiger partial charge in [-0.05, 0) is 50.2 Å². The summed E-state index contributed by atoms with van der Waals surface area (Å²) in [5.74, 6) is 1.85. The highest BCUT2D eigenvalue weighted by Gasteiger charge is 2.42. The van der Waals surface area contributed by atoms with E-state index >= 15 is 0 Å². The number of carbonyl (C=O) groups is 3. The van der Waals surface area contributed by atoms with Crippen LogP contribution in [-0.2, 0) is 14.4 Å². The largest absolute Gasteiger partial charge is 0.387 e. The quantitative estimate of drug-likeness (QED) is 0.290. The molecule has 146 valence electrons. The number of nitrogens with zero attached hydrogens (tertiary/aromatic N) is 1. The van der Waals surface area contributed by atoms with Gasteiger partial charge in [0.1, 0.15) is 5.78 Å². The Hall–Kier alpha value is -1.37. The molecule has 0 heterocycles. The van der Waals surface area contributed by atoms with E-state index in [-0.39, 0.29) is 28.6 Å². The van der Waals surface area contributed by atoms with Crippen molar-refractivity contribution in [2.75, 3.05) is 19.8 Å². The third-order valence-electron chi connectivity index (χ3n) is 5.65. The molecular weight excluding hydrogens is 350 g/mol. The molecule has 0 saturated heterocycles. The second kappa shape index (κ2) is 10.1. The summed E-state index contributed by atoms with van der Waals surface area (Å²) in [4.78, 5) is 40.6. The Bertz CT molecular complexity index is 556. The van der Waals surface area contributed by atoms with E-state index in [1.165, 1.54) is 0 Å². The molecule has 0 aromatic heterocycles. The molecular formula is C19H31N3O3S. The lowest BCUT2D eigenvalue weighted by molar-refractivity contribution is -0.129. The Morgan fingerprint density at radius 3 is 2.58 bits per heavy atom. The molecule has 6 nitrogen and oxygen atoms in total. The second-order valence-corrected chi connectivity index (χ2v) is 8.68. The van der Waals surface area contributed by atoms with E-state index in [1.54, 1.807) is 25.9 Å². The van der Waals surface area contributed by atoms with Crippen molar-refractivity contribution >= 4 is 35.1 Å². The van der Waals surface area contributed by atoms with Crippen molar-refractivity contribution in [1.82, 2.24) is 5.32 Å². The average Bonchev–Trinajstić information content (AvgIpc) is 2.92. The molecule has 0 aliphatic heterocycles. The number of amides is 1. The zero-order valence-electron chi connectivity index (χ0n) is 15.8. The van der Waals surface area contributed by atoms with Gasteiger partial charge in [-0.2, -0.15) is 11.8 Å². The second-order valence-electron chi connectivity index (χ2n) is 7.37. The number of rotatable bonds is 8. The van der Waals surface area contributed by atoms with Crippen LogP contribution in [0.5, 0.6) is 0 Å². The van der Waals surface area contributed by atoms with Crippen LogP contribution in [0.25, 0.3) is 0 Å². The predicted octanol–water partition coefficient (Wildman–Crippen LogP) is 1.96. The van der Waals surface area contributed by atoms with Crippen LogP contribution in [0.1, 0.15) is 51.4 Å². The highest BCUT2D eigenvalue weighted by molar-refractivity contribution is 8.00. The third kappa shape index (κ3) is 5.56. The van der Waals surface area contributed by atoms with Gasteiger partial charge in [0.05, 0.1) is 17.0 Å². The maximum absolute atomic E-state index is 12.6. The Morgan fingerprint density at radius 2 is 1.96 bits per heavy atom. The van der Waals surface area contributed by atoms with E-state index in [0.29, 0.717) is 24.6 Å². The standard InChI is InChI=1S/C19H31N3O3S/c1-21-17(20)4-3-9-26-16-11-15(23)14(18(16)24)10-12-5-7-13(8-6-12)19(25)22-2/h12-14,16H,3-11H2,1-2H3,(H2,20,21)(H,22,25). The molecule has 0 bridgehead atoms. The van der Waals surface area contributed by atoms with Gasteiger partial charge in [0.2, 0.25) is 5.91 Å². The van der Waals surface area contributed by atoms with Crippen LogP contribution in [0.3, 0.4) is 0 Å². The van der Waals surface area contributed by atoms with Crippen LogP contribution < -0.4 is 11.1 Å². The molecule has 2 saturated carbocycles. The highest BCUT2D eigenvalue weighted by atomic mass is 32.2. The normalized spacial score (nSPS) is 29.8. The molecule has 0 aromatic rings. The fraction of sp³-hybridized carbons (Fsp3) is 0.789. The van der Waals surface area contributed by atoms with Gasteiger partial charge in [-0.25, -0.2) is 0 Å². The van der Waals surface area contributed by atoms with E-state index in [2.05, 4.69) is 10.3 Å². The Morgan fingerprint density at radius 1 is 1.27 bits per heavy atom. The highest BCUT2D eigenvalue weighted by Crippen LogP contribution is 2.38. The first-order valence-corrected chi connectivity index (χ1v) is 10.6. The summed E-state index contributed by atoms with van der Waals surface area (Å²) < 4.78 is 0. The maximum Gasteiger partial charge on any atom is 0.222 e. The molecule has 2 aliphatic rings. The van der Waals surface area contributed by atoms with Crippen molar-refractivity contribution < 1.29 is 14.4 Å². The van der Waals surface area contributed by atoms with Crippen molar-refractivity contribution in [3.05, 3.63) is 0 Å². The van der Waals surface area contributed by atoms with Gasteiger partial charge in [-0.3, -0.25) is 19.4 Å². The van der Waals surface area contributed by atoms with E-state index in [4.69, 9.17) is 5.73 Å². The summed E-state index contributed by atoms with van der Waals surface area (Å²) in [6.07, 6.45) is 6.24. The van der Waals surface area contributed by atoms with Crippen LogP contribution in [-0.4, -0.2) is 48.4 Å². The zero-order chi connectivity index (χ0) is 19.1. The number of nitrogens with one attached hydrogen (secondary N) is 1. The first-order chi connectivity index (χ1) is 12.5. The number of hydrogen-bond acceptors (Lipinski definition) is 5. The van der Waals surface area contributed by atoms with Gasteiger partial charge in [-0.1, -0.05) is 0 Å². The van der Waals surface area contributed by atoms with Crippen LogP contribution in [0.15, 0.2) is 4.99 Å². The van der Waals surface area contributed by atoms with E-state index in [1.807, 2.05) is 0 Å². The van der Waals surface area contributed by atoms with Crippen molar-refractivity contribution in [3.63, 3.8) is 0 Å². The van der Waals surface area contributed by atoms with Gasteiger partial charge < -0.3 is 11.1 Å². The molecule has 0 radical (unpaired) electrons. The first kappa shape index (κ1) is 20.9. The zero-order valence-corrected chi connectivity index (χ0v) is 16.6. The fourth-order valence-corrected chi connectivity index (χ4v) is 5.19. The first-order valence-electron chi connectivity index (χ1n) is 9.57. The molecule has 2 atom stereocenters. The number of aliphatic imine (C=N–C) groups is 1. The van der Waals surface area contributed by atoms with Crippen LogP contribution in [0, 0.1) is 17.8 Å². The van der Waals surface area contributed by atoms with E-state index in [0.717, 1.165) is 44.3 Å². The Labute approximate surface area is 160 Å². The average molecular weight is 382 g/mol. The van der Waals surface area contributed by atoms with E-state index in [9.17, 15) is 14.4 Å². The monoisotopic (exact) mass is 381 g/mol. The molecule has 3 N–H and O–H groups in total. The lowest BCUT2D eigenvalue weighted by atomic mass is 9.77. The van der Waals surface area contributed by atoms with E-state index < -0.39 is 5.92 Å². The molecule has 26 heavy (non-hydrogen) atoms. The third-order valence-corrected chi connectivity index (χ3v) is 6.98. The van der Waals surface area contributed by atoms with Crippen molar-refractivity contribution in [1.29, 1.82) is 0 Å². The lowest BCUT2D eigenvalue weighted by Gasteiger charge is -2.28. The SMILES string of the molecule is CN=C(N)CCCSC1CC(=O)C(CC2CCC(C(=O)NC)CC2)C1=O. The fourth-order valence-electron chi connectivity index (χ4n) is 3.99. The minimum absolute atomic E-state index is 0.0913. The molecule has 2 fully saturated rings. The van der Waals surface area contributed by atoms with Crippen LogP contribution in [0.2, 0.25) is 0 Å². The molecule has 2 unspecified atom stereocenters. The van der Waals surface area contributed by atoms with Crippen LogP contribution >= 0.6 is 11.8 Å². The smallest absolute Gasteiger partial charge is 0.222 e. The number of Topliss-reactive ketones (excluding diaryl/α,β-unsaturated/α-hetero) is 2. The minimum Gasteiger partial charge on any atom is -0.387 e. The minimum atomic E-state index is -0.420. The summed E-state index contributed by atoms with van der Waals surface area (Å²) in [6.45, 7) is 0. The lowest BCUT2D eigenvalue weighted by Crippen LogP contribution is -2.31. The maximum atomic E-state index is 12.6. The van der Waals surface area contributed by atoms with Crippen molar-refractivity contribution in [2.45, 2.75) is 56.6 Å². The molecule has 1 amide bonds. The van der Waals surface area contributed by atoms with Gasteiger partial charge in [0, 0.05) is 32.9 Å². The number of hydrogen-bond donors (Lipinski definition) is 2. The van der Waals surface area contributed by atoms with Gasteiger partial charge >= 0.3 is 0 Å². The number of ketones is 2. The number of amidine groups is 1. The summed E-state index contributed by atoms with van der Waals surface area (Å²) in [5.41, 5.74) is 5.67. The van der Waals surface area contributed by atoms with Crippen molar-refractivity contribution in [2.24, 2.45) is 28.5 Å². The van der Waals surface area contributed by atoms with Crippen molar-refractivity contribution in [3.8, 4) is 0 Å². The summed E-state index contributed by atoms with van der Waals surface area (Å²) in [7, 11) is 3.35. The molecule has 0 aromatic carbocycles. The number of thioether (sulfide) groups is 1. The number of carbonyl (C=O) groups excluding carboxylic acids is 3. The Balaban J connectivity index is 1.76.